The lowest BCUT2D eigenvalue weighted by atomic mass is 10.2. The summed E-state index contributed by atoms with van der Waals surface area (Å²) in [4.78, 5) is 24.7. The van der Waals surface area contributed by atoms with Gasteiger partial charge in [-0.25, -0.2) is 0 Å². The topological polar surface area (TPSA) is 81.9 Å². The molecule has 2 aromatic rings. The molecule has 0 bridgehead atoms. The van der Waals surface area contributed by atoms with Crippen molar-refractivity contribution in [1.82, 2.24) is 4.90 Å². The van der Waals surface area contributed by atoms with Crippen LogP contribution >= 0.6 is 0 Å². The van der Waals surface area contributed by atoms with Gasteiger partial charge in [-0.2, -0.15) is 0 Å². The molecule has 0 saturated carbocycles. The number of primary amides is 1. The van der Waals surface area contributed by atoms with Gasteiger partial charge in [0.15, 0.2) is 6.61 Å². The zero-order valence-electron chi connectivity index (χ0n) is 13.5. The van der Waals surface area contributed by atoms with E-state index in [0.29, 0.717) is 24.5 Å². The van der Waals surface area contributed by atoms with Gasteiger partial charge in [-0.3, -0.25) is 9.59 Å². The fraction of sp³-hybridized carbons (Fsp3) is 0.222. The summed E-state index contributed by atoms with van der Waals surface area (Å²) in [6, 6.07) is 16.0. The summed E-state index contributed by atoms with van der Waals surface area (Å²) in [5.74, 6) is 0.465. The van der Waals surface area contributed by atoms with Crippen molar-refractivity contribution in [2.45, 2.75) is 0 Å². The minimum absolute atomic E-state index is 0.156. The second-order valence-corrected chi connectivity index (χ2v) is 5.17. The van der Waals surface area contributed by atoms with E-state index in [4.69, 9.17) is 15.2 Å². The van der Waals surface area contributed by atoms with Crippen molar-refractivity contribution in [3.05, 3.63) is 60.2 Å². The van der Waals surface area contributed by atoms with Crippen molar-refractivity contribution in [2.24, 2.45) is 5.73 Å². The summed E-state index contributed by atoms with van der Waals surface area (Å²) in [5, 5.41) is 0. The molecule has 0 spiro atoms. The van der Waals surface area contributed by atoms with Gasteiger partial charge in [-0.1, -0.05) is 24.3 Å². The van der Waals surface area contributed by atoms with Crippen molar-refractivity contribution < 1.29 is 19.1 Å². The zero-order valence-corrected chi connectivity index (χ0v) is 13.5. The number of amides is 2. The number of hydrogen-bond donors (Lipinski definition) is 1. The van der Waals surface area contributed by atoms with Crippen LogP contribution in [-0.4, -0.2) is 43.5 Å². The maximum atomic E-state index is 12.4. The Morgan fingerprint density at radius 2 is 1.71 bits per heavy atom. The lowest BCUT2D eigenvalue weighted by Crippen LogP contribution is -2.30. The van der Waals surface area contributed by atoms with E-state index >= 15 is 0 Å². The third kappa shape index (κ3) is 5.31. The first kappa shape index (κ1) is 17.3. The molecule has 6 nitrogen and oxygen atoms in total. The first-order valence-corrected chi connectivity index (χ1v) is 7.51. The Morgan fingerprint density at radius 3 is 2.42 bits per heavy atom. The van der Waals surface area contributed by atoms with Gasteiger partial charge in [0.2, 0.25) is 0 Å². The van der Waals surface area contributed by atoms with Crippen LogP contribution in [-0.2, 0) is 4.79 Å². The van der Waals surface area contributed by atoms with Gasteiger partial charge in [0.25, 0.3) is 11.8 Å². The van der Waals surface area contributed by atoms with E-state index in [1.807, 2.05) is 30.3 Å². The summed E-state index contributed by atoms with van der Waals surface area (Å²) >= 11 is 0. The molecule has 6 heteroatoms. The van der Waals surface area contributed by atoms with Gasteiger partial charge in [0, 0.05) is 12.6 Å². The Hall–Kier alpha value is -3.02. The Morgan fingerprint density at radius 1 is 1.00 bits per heavy atom. The van der Waals surface area contributed by atoms with Crippen LogP contribution in [0.15, 0.2) is 54.6 Å². The molecule has 0 aromatic heterocycles. The fourth-order valence-corrected chi connectivity index (χ4v) is 2.01. The van der Waals surface area contributed by atoms with Crippen LogP contribution in [0.4, 0.5) is 0 Å². The van der Waals surface area contributed by atoms with Crippen LogP contribution in [0.25, 0.3) is 0 Å². The van der Waals surface area contributed by atoms with Crippen LogP contribution in [0.5, 0.6) is 11.5 Å². The minimum Gasteiger partial charge on any atom is -0.492 e. The number of ether oxygens (including phenoxy) is 2. The minimum atomic E-state index is -0.568. The van der Waals surface area contributed by atoms with Crippen molar-refractivity contribution >= 4 is 11.8 Å². The number of likely N-dealkylation sites (N-methyl/N-ethyl adjacent to an activating group) is 1. The average molecular weight is 328 g/mol. The molecule has 126 valence electrons. The molecule has 0 heterocycles. The van der Waals surface area contributed by atoms with Crippen molar-refractivity contribution in [2.75, 3.05) is 26.8 Å². The van der Waals surface area contributed by atoms with E-state index in [2.05, 4.69) is 0 Å². The number of rotatable bonds is 8. The highest BCUT2D eigenvalue weighted by Crippen LogP contribution is 2.15. The summed E-state index contributed by atoms with van der Waals surface area (Å²) in [6.07, 6.45) is 0. The van der Waals surface area contributed by atoms with Crippen LogP contribution in [0, 0.1) is 0 Å². The predicted octanol–water partition coefficient (Wildman–Crippen LogP) is 1.70. The van der Waals surface area contributed by atoms with E-state index in [1.54, 1.807) is 36.2 Å². The molecule has 2 N–H and O–H groups in total. The zero-order chi connectivity index (χ0) is 17.4. The molecule has 0 fully saturated rings. The molecule has 0 saturated heterocycles. The molecule has 24 heavy (non-hydrogen) atoms. The van der Waals surface area contributed by atoms with E-state index in [1.165, 1.54) is 0 Å². The molecule has 0 radical (unpaired) electrons. The largest absolute Gasteiger partial charge is 0.492 e. The SMILES string of the molecule is CN(CCOc1ccccc1)C(=O)c1cccc(OCC(N)=O)c1. The van der Waals surface area contributed by atoms with Gasteiger partial charge < -0.3 is 20.1 Å². The lowest BCUT2D eigenvalue weighted by molar-refractivity contribution is -0.119. The second-order valence-electron chi connectivity index (χ2n) is 5.17. The van der Waals surface area contributed by atoms with Crippen molar-refractivity contribution in [3.8, 4) is 11.5 Å². The Bertz CT molecular complexity index is 688. The molecule has 0 unspecified atom stereocenters. The molecule has 0 aliphatic rings. The highest BCUT2D eigenvalue weighted by molar-refractivity contribution is 5.94. The molecule has 0 atom stereocenters. The number of para-hydroxylation sites is 1. The molecular weight excluding hydrogens is 308 g/mol. The van der Waals surface area contributed by atoms with Crippen molar-refractivity contribution in [3.63, 3.8) is 0 Å². The molecule has 2 amide bonds. The number of nitrogens with zero attached hydrogens (tertiary/aromatic N) is 1. The third-order valence-electron chi connectivity index (χ3n) is 3.25. The van der Waals surface area contributed by atoms with Crippen LogP contribution in [0.3, 0.4) is 0 Å². The highest BCUT2D eigenvalue weighted by atomic mass is 16.5. The van der Waals surface area contributed by atoms with E-state index < -0.39 is 5.91 Å². The van der Waals surface area contributed by atoms with Crippen molar-refractivity contribution in [1.29, 1.82) is 0 Å². The summed E-state index contributed by atoms with van der Waals surface area (Å²) in [7, 11) is 1.70. The lowest BCUT2D eigenvalue weighted by Gasteiger charge is -2.18. The monoisotopic (exact) mass is 328 g/mol. The van der Waals surface area contributed by atoms with Crippen LogP contribution < -0.4 is 15.2 Å². The van der Waals surface area contributed by atoms with Gasteiger partial charge >= 0.3 is 0 Å². The standard InChI is InChI=1S/C18H20N2O4/c1-20(10-11-23-15-7-3-2-4-8-15)18(22)14-6-5-9-16(12-14)24-13-17(19)21/h2-9,12H,10-11,13H2,1H3,(H2,19,21). The highest BCUT2D eigenvalue weighted by Gasteiger charge is 2.12. The maximum absolute atomic E-state index is 12.4. The summed E-state index contributed by atoms with van der Waals surface area (Å²) < 4.78 is 10.8. The Balaban J connectivity index is 1.88. The molecule has 0 aliphatic heterocycles. The quantitative estimate of drug-likeness (QED) is 0.799. The van der Waals surface area contributed by atoms with E-state index in [0.717, 1.165) is 5.75 Å². The summed E-state index contributed by atoms with van der Waals surface area (Å²) in [5.41, 5.74) is 5.51. The normalized spacial score (nSPS) is 10.0. The number of carbonyl (C=O) groups is 2. The molecule has 2 rings (SSSR count). The Labute approximate surface area is 140 Å². The van der Waals surface area contributed by atoms with Gasteiger partial charge in [-0.15, -0.1) is 0 Å². The molecule has 2 aromatic carbocycles. The average Bonchev–Trinajstić information content (AvgIpc) is 2.60. The fourth-order valence-electron chi connectivity index (χ4n) is 2.01. The van der Waals surface area contributed by atoms with Gasteiger partial charge in [0.1, 0.15) is 18.1 Å². The molecule has 0 aliphatic carbocycles. The van der Waals surface area contributed by atoms with E-state index in [9.17, 15) is 9.59 Å². The van der Waals surface area contributed by atoms with Gasteiger partial charge in [0.05, 0.1) is 6.54 Å². The smallest absolute Gasteiger partial charge is 0.255 e. The first-order chi connectivity index (χ1) is 11.6. The van der Waals surface area contributed by atoms with Crippen LogP contribution in [0.1, 0.15) is 10.4 Å². The number of benzene rings is 2. The first-order valence-electron chi connectivity index (χ1n) is 7.51. The maximum Gasteiger partial charge on any atom is 0.255 e. The summed E-state index contributed by atoms with van der Waals surface area (Å²) in [6.45, 7) is 0.614. The van der Waals surface area contributed by atoms with Crippen LogP contribution in [0.2, 0.25) is 0 Å². The van der Waals surface area contributed by atoms with E-state index in [-0.39, 0.29) is 12.5 Å². The van der Waals surface area contributed by atoms with Gasteiger partial charge in [-0.05, 0) is 30.3 Å². The number of carbonyl (C=O) groups excluding carboxylic acids is 2. The third-order valence-corrected chi connectivity index (χ3v) is 3.25. The number of hydrogen-bond acceptors (Lipinski definition) is 4. The predicted molar refractivity (Wildman–Crippen MR) is 90.0 cm³/mol. The second kappa shape index (κ2) is 8.57. The Kier molecular flexibility index (Phi) is 6.19. The number of nitrogens with two attached hydrogens (primary N) is 1. The molecular formula is C18H20N2O4.